The number of hydrogen-bond acceptors (Lipinski definition) is 9. The van der Waals surface area contributed by atoms with Crippen molar-refractivity contribution in [3.63, 3.8) is 0 Å². The van der Waals surface area contributed by atoms with Gasteiger partial charge in [-0.3, -0.25) is 14.7 Å². The Morgan fingerprint density at radius 2 is 1.84 bits per heavy atom. The van der Waals surface area contributed by atoms with Gasteiger partial charge in [-0.25, -0.2) is 9.97 Å². The van der Waals surface area contributed by atoms with Crippen LogP contribution >= 0.6 is 0 Å². The lowest BCUT2D eigenvalue weighted by Gasteiger charge is -2.43. The Morgan fingerprint density at radius 3 is 2.57 bits per heavy atom. The molecule has 1 saturated heterocycles. The molecule has 3 fully saturated rings. The molecule has 7 rings (SSSR count). The quantitative estimate of drug-likeness (QED) is 0.264. The number of pyridine rings is 3. The maximum Gasteiger partial charge on any atom is 0.229 e. The second kappa shape index (κ2) is 11.7. The Bertz CT molecular complexity index is 1700. The largest absolute Gasteiger partial charge is 0.497 e. The molecule has 10 nitrogen and oxygen atoms in total. The third kappa shape index (κ3) is 5.33. The number of aryl methyl sites for hydroxylation is 1. The van der Waals surface area contributed by atoms with Crippen molar-refractivity contribution in [1.82, 2.24) is 19.9 Å². The minimum atomic E-state index is 0.0750. The van der Waals surface area contributed by atoms with E-state index < -0.39 is 0 Å². The second-order valence-electron chi connectivity index (χ2n) is 12.1. The van der Waals surface area contributed by atoms with E-state index in [1.165, 1.54) is 0 Å². The van der Waals surface area contributed by atoms with Crippen molar-refractivity contribution in [2.45, 2.75) is 38.5 Å². The number of amides is 1. The number of hydrogen-bond donors (Lipinski definition) is 2. The van der Waals surface area contributed by atoms with E-state index in [9.17, 15) is 4.79 Å². The van der Waals surface area contributed by atoms with Gasteiger partial charge < -0.3 is 24.8 Å². The molecule has 0 spiro atoms. The molecule has 4 heterocycles. The molecule has 2 atom stereocenters. The summed E-state index contributed by atoms with van der Waals surface area (Å²) in [6, 6.07) is 12.3. The highest BCUT2D eigenvalue weighted by atomic mass is 16.5. The number of anilines is 2. The van der Waals surface area contributed by atoms with Crippen molar-refractivity contribution in [1.29, 1.82) is 0 Å². The molecular formula is C34H38N6O4. The molecule has 1 aromatic carbocycles. The minimum absolute atomic E-state index is 0.0750. The van der Waals surface area contributed by atoms with Gasteiger partial charge >= 0.3 is 0 Å². The average molecular weight is 595 g/mol. The number of nitrogens with one attached hydrogen (secondary N) is 2. The molecule has 44 heavy (non-hydrogen) atoms. The summed E-state index contributed by atoms with van der Waals surface area (Å²) in [5.74, 6) is 3.79. The molecule has 2 N–H and O–H groups in total. The Hall–Kier alpha value is -4.28. The van der Waals surface area contributed by atoms with Crippen LogP contribution in [0.5, 0.6) is 11.5 Å². The Morgan fingerprint density at radius 1 is 1.02 bits per heavy atom. The van der Waals surface area contributed by atoms with E-state index in [2.05, 4.69) is 25.5 Å². The van der Waals surface area contributed by atoms with Crippen LogP contribution in [0.2, 0.25) is 0 Å². The van der Waals surface area contributed by atoms with E-state index in [4.69, 9.17) is 19.2 Å². The molecule has 228 valence electrons. The zero-order chi connectivity index (χ0) is 30.4. The van der Waals surface area contributed by atoms with Gasteiger partial charge in [0.2, 0.25) is 5.91 Å². The fourth-order valence-corrected chi connectivity index (χ4v) is 7.02. The lowest BCUT2D eigenvalue weighted by Crippen LogP contribution is -2.55. The summed E-state index contributed by atoms with van der Waals surface area (Å²) in [5, 5.41) is 8.40. The minimum Gasteiger partial charge on any atom is -0.497 e. The predicted molar refractivity (Wildman–Crippen MR) is 169 cm³/mol. The highest BCUT2D eigenvalue weighted by molar-refractivity contribution is 5.99. The molecule has 3 aromatic heterocycles. The topological polar surface area (TPSA) is 111 Å². The first-order chi connectivity index (χ1) is 21.4. The molecule has 1 aliphatic heterocycles. The first-order valence-electron chi connectivity index (χ1n) is 15.2. The monoisotopic (exact) mass is 594 g/mol. The fourth-order valence-electron chi connectivity index (χ4n) is 7.02. The SMILES string of the molecule is COc1ccc(CNc2nc(-c3cnccc3C)cc3cc(NC(=O)C4C5CC(N6CC(OC)C6)CC54)ncc23)c(OC)c1. The maximum atomic E-state index is 13.3. The van der Waals surface area contributed by atoms with E-state index in [1.807, 2.05) is 49.5 Å². The van der Waals surface area contributed by atoms with Gasteiger partial charge in [0.05, 0.1) is 26.0 Å². The van der Waals surface area contributed by atoms with Crippen LogP contribution < -0.4 is 20.1 Å². The van der Waals surface area contributed by atoms with Crippen LogP contribution in [0.15, 0.2) is 55.0 Å². The number of likely N-dealkylation sites (tertiary alicyclic amines) is 1. The normalized spacial score (nSPS) is 22.7. The Kier molecular flexibility index (Phi) is 7.55. The van der Waals surface area contributed by atoms with Crippen molar-refractivity contribution in [3.05, 3.63) is 66.1 Å². The number of nitrogens with zero attached hydrogens (tertiary/aromatic N) is 4. The van der Waals surface area contributed by atoms with Crippen molar-refractivity contribution in [2.24, 2.45) is 17.8 Å². The summed E-state index contributed by atoms with van der Waals surface area (Å²) >= 11 is 0. The molecule has 4 aromatic rings. The molecule has 10 heteroatoms. The summed E-state index contributed by atoms with van der Waals surface area (Å²) in [4.78, 5) is 29.8. The highest BCUT2D eigenvalue weighted by Crippen LogP contribution is 2.59. The molecule has 0 radical (unpaired) electrons. The highest BCUT2D eigenvalue weighted by Gasteiger charge is 2.60. The van der Waals surface area contributed by atoms with Crippen molar-refractivity contribution in [2.75, 3.05) is 45.1 Å². The van der Waals surface area contributed by atoms with Crippen LogP contribution in [0.25, 0.3) is 22.0 Å². The summed E-state index contributed by atoms with van der Waals surface area (Å²) in [5.41, 5.74) is 3.78. The number of carbonyl (C=O) groups is 1. The molecule has 1 amide bonds. The number of methoxy groups -OCH3 is 3. The third-order valence-electron chi connectivity index (χ3n) is 9.67. The lowest BCUT2D eigenvalue weighted by molar-refractivity contribution is -0.118. The Balaban J connectivity index is 1.11. The van der Waals surface area contributed by atoms with Gasteiger partial charge in [-0.15, -0.1) is 0 Å². The van der Waals surface area contributed by atoms with E-state index in [0.717, 1.165) is 70.6 Å². The van der Waals surface area contributed by atoms with Crippen LogP contribution in [0.4, 0.5) is 11.6 Å². The van der Waals surface area contributed by atoms with E-state index in [-0.39, 0.29) is 11.8 Å². The summed E-state index contributed by atoms with van der Waals surface area (Å²) in [6.07, 6.45) is 7.95. The first kappa shape index (κ1) is 28.5. The number of rotatable bonds is 10. The third-order valence-corrected chi connectivity index (χ3v) is 9.67. The van der Waals surface area contributed by atoms with Gasteiger partial charge in [0.1, 0.15) is 23.1 Å². The number of ether oxygens (including phenoxy) is 3. The molecular weight excluding hydrogens is 556 g/mol. The lowest BCUT2D eigenvalue weighted by atomic mass is 10.0. The zero-order valence-electron chi connectivity index (χ0n) is 25.5. The molecule has 3 aliphatic rings. The summed E-state index contributed by atoms with van der Waals surface area (Å²) < 4.78 is 16.4. The van der Waals surface area contributed by atoms with Gasteiger partial charge in [0, 0.05) is 79.9 Å². The molecule has 0 bridgehead atoms. The van der Waals surface area contributed by atoms with E-state index in [0.29, 0.717) is 42.2 Å². The number of carbonyl (C=O) groups excluding carboxylic acids is 1. The van der Waals surface area contributed by atoms with Crippen molar-refractivity contribution >= 4 is 28.3 Å². The standard InChI is InChI=1S/C34H38N6O4/c1-19-7-8-35-15-27(19)29-9-21-10-31(39-34(41)32-25-11-22(12-26(25)32)40-17-24(18-40)43-3)36-16-28(21)33(38-29)37-14-20-5-6-23(42-2)13-30(20)44-4/h5-10,13,15-16,22,24-26,32H,11-12,14,17-18H2,1-4H3,(H,37,38)(H,36,39,41). The summed E-state index contributed by atoms with van der Waals surface area (Å²) in [7, 11) is 5.06. The van der Waals surface area contributed by atoms with E-state index in [1.54, 1.807) is 33.7 Å². The average Bonchev–Trinajstić information content (AvgIpc) is 3.53. The number of fused-ring (bicyclic) bond motifs is 2. The van der Waals surface area contributed by atoms with E-state index >= 15 is 0 Å². The maximum absolute atomic E-state index is 13.3. The van der Waals surface area contributed by atoms with Gasteiger partial charge in [-0.1, -0.05) is 0 Å². The van der Waals surface area contributed by atoms with Crippen LogP contribution in [-0.2, 0) is 16.1 Å². The Labute approximate surface area is 257 Å². The van der Waals surface area contributed by atoms with Gasteiger partial charge in [-0.2, -0.15) is 0 Å². The molecule has 2 unspecified atom stereocenters. The fraction of sp³-hybridized carbons (Fsp3) is 0.412. The second-order valence-corrected chi connectivity index (χ2v) is 12.1. The van der Waals surface area contributed by atoms with Crippen LogP contribution in [0.1, 0.15) is 24.0 Å². The van der Waals surface area contributed by atoms with Crippen molar-refractivity contribution in [3.8, 4) is 22.8 Å². The number of aromatic nitrogens is 3. The smallest absolute Gasteiger partial charge is 0.229 e. The zero-order valence-corrected chi connectivity index (χ0v) is 25.5. The molecule has 2 aliphatic carbocycles. The first-order valence-corrected chi connectivity index (χ1v) is 15.2. The van der Waals surface area contributed by atoms with Crippen LogP contribution in [0.3, 0.4) is 0 Å². The van der Waals surface area contributed by atoms with Gasteiger partial charge in [0.25, 0.3) is 0 Å². The van der Waals surface area contributed by atoms with Gasteiger partial charge in [-0.05, 0) is 72.9 Å². The number of benzene rings is 1. The van der Waals surface area contributed by atoms with Crippen LogP contribution in [-0.4, -0.2) is 72.3 Å². The van der Waals surface area contributed by atoms with Crippen LogP contribution in [0, 0.1) is 24.7 Å². The summed E-state index contributed by atoms with van der Waals surface area (Å²) in [6.45, 7) is 4.56. The molecule has 2 saturated carbocycles. The van der Waals surface area contributed by atoms with Gasteiger partial charge in [0.15, 0.2) is 0 Å². The van der Waals surface area contributed by atoms with Crippen molar-refractivity contribution < 1.29 is 19.0 Å². The predicted octanol–water partition coefficient (Wildman–Crippen LogP) is 4.92.